The zero-order valence-corrected chi connectivity index (χ0v) is 11.1. The molecule has 0 aliphatic carbocycles. The lowest BCUT2D eigenvalue weighted by molar-refractivity contribution is 0.995. The van der Waals surface area contributed by atoms with Crippen molar-refractivity contribution in [3.05, 3.63) is 39.9 Å². The summed E-state index contributed by atoms with van der Waals surface area (Å²) in [4.78, 5) is 12.0. The molecule has 0 unspecified atom stereocenters. The number of hydrogen-bond donors (Lipinski definition) is 1. The van der Waals surface area contributed by atoms with E-state index in [2.05, 4.69) is 21.9 Å². The average Bonchev–Trinajstić information content (AvgIpc) is 2.26. The van der Waals surface area contributed by atoms with Crippen molar-refractivity contribution in [3.63, 3.8) is 0 Å². The van der Waals surface area contributed by atoms with Gasteiger partial charge in [0.1, 0.15) is 10.5 Å². The van der Waals surface area contributed by atoms with Crippen LogP contribution < -0.4 is 0 Å². The molecule has 0 saturated carbocycles. The number of aromatic amines is 1. The summed E-state index contributed by atoms with van der Waals surface area (Å²) < 4.78 is 0.628. The maximum Gasteiger partial charge on any atom is 0.139 e. The molecule has 3 nitrogen and oxygen atoms in total. The topological polar surface area (TPSA) is 41.6 Å². The third kappa shape index (κ3) is 2.77. The summed E-state index contributed by atoms with van der Waals surface area (Å²) in [6.07, 6.45) is 0.919. The molecule has 0 amide bonds. The van der Waals surface area contributed by atoms with Crippen molar-refractivity contribution in [2.45, 2.75) is 27.2 Å². The van der Waals surface area contributed by atoms with Crippen LogP contribution in [0.25, 0.3) is 11.4 Å². The lowest BCUT2D eigenvalue weighted by atomic mass is 10.2. The van der Waals surface area contributed by atoms with Crippen molar-refractivity contribution in [3.8, 4) is 11.4 Å². The third-order valence-corrected chi connectivity index (χ3v) is 2.74. The first-order valence-corrected chi connectivity index (χ1v) is 6.05. The van der Waals surface area contributed by atoms with Crippen molar-refractivity contribution in [2.75, 3.05) is 0 Å². The van der Waals surface area contributed by atoms with Gasteiger partial charge >= 0.3 is 0 Å². The normalized spacial score (nSPS) is 10.5. The van der Waals surface area contributed by atoms with Gasteiger partial charge in [-0.2, -0.15) is 0 Å². The summed E-state index contributed by atoms with van der Waals surface area (Å²) >= 11 is 5.17. The molecule has 0 aliphatic rings. The van der Waals surface area contributed by atoms with Gasteiger partial charge in [0.15, 0.2) is 0 Å². The highest BCUT2D eigenvalue weighted by atomic mass is 32.1. The van der Waals surface area contributed by atoms with Crippen LogP contribution in [0, 0.1) is 18.5 Å². The molecule has 0 radical (unpaired) electrons. The van der Waals surface area contributed by atoms with Crippen LogP contribution in [0.5, 0.6) is 0 Å². The second-order valence-corrected chi connectivity index (χ2v) is 4.50. The first kappa shape index (κ1) is 11.9. The summed E-state index contributed by atoms with van der Waals surface area (Å²) in [6.45, 7) is 6.05. The fraction of sp³-hybridized carbons (Fsp3) is 0.308. The van der Waals surface area contributed by atoms with E-state index in [0.717, 1.165) is 34.9 Å². The molecule has 0 atom stereocenters. The standard InChI is InChI=1S/C13H15N3S/c1-4-11-7-12(17)16-13(15-11)10-5-8(2)14-9(3)6-10/h5-7H,4H2,1-3H3,(H,15,16,17). The molecule has 2 aromatic rings. The Labute approximate surface area is 106 Å². The van der Waals surface area contributed by atoms with Crippen LogP contribution in [0.15, 0.2) is 18.2 Å². The number of aromatic nitrogens is 3. The molecule has 2 heterocycles. The Morgan fingerprint density at radius 2 is 1.76 bits per heavy atom. The highest BCUT2D eigenvalue weighted by Crippen LogP contribution is 2.17. The third-order valence-electron chi connectivity index (χ3n) is 2.53. The predicted molar refractivity (Wildman–Crippen MR) is 71.5 cm³/mol. The van der Waals surface area contributed by atoms with Crippen molar-refractivity contribution in [1.82, 2.24) is 15.0 Å². The summed E-state index contributed by atoms with van der Waals surface area (Å²) in [5.74, 6) is 0.822. The van der Waals surface area contributed by atoms with Gasteiger partial charge in [0.25, 0.3) is 0 Å². The molecule has 0 aliphatic heterocycles. The van der Waals surface area contributed by atoms with Crippen molar-refractivity contribution < 1.29 is 0 Å². The number of rotatable bonds is 2. The van der Waals surface area contributed by atoms with Gasteiger partial charge < -0.3 is 4.98 Å². The monoisotopic (exact) mass is 245 g/mol. The quantitative estimate of drug-likeness (QED) is 0.825. The Balaban J connectivity index is 2.59. The van der Waals surface area contributed by atoms with Gasteiger partial charge in [0, 0.05) is 22.6 Å². The van der Waals surface area contributed by atoms with Crippen LogP contribution in [0.2, 0.25) is 0 Å². The molecule has 2 rings (SSSR count). The van der Waals surface area contributed by atoms with Gasteiger partial charge in [-0.1, -0.05) is 19.1 Å². The molecule has 4 heteroatoms. The fourth-order valence-corrected chi connectivity index (χ4v) is 2.04. The molecule has 0 fully saturated rings. The molecule has 0 spiro atoms. The molecule has 1 N–H and O–H groups in total. The van der Waals surface area contributed by atoms with Crippen LogP contribution in [-0.4, -0.2) is 15.0 Å². The van der Waals surface area contributed by atoms with Crippen molar-refractivity contribution >= 4 is 12.2 Å². The van der Waals surface area contributed by atoms with Gasteiger partial charge in [-0.05, 0) is 38.5 Å². The van der Waals surface area contributed by atoms with E-state index in [-0.39, 0.29) is 0 Å². The van der Waals surface area contributed by atoms with Gasteiger partial charge in [-0.25, -0.2) is 4.98 Å². The lowest BCUT2D eigenvalue weighted by Crippen LogP contribution is -1.96. The fourth-order valence-electron chi connectivity index (χ4n) is 1.81. The van der Waals surface area contributed by atoms with Gasteiger partial charge in [-0.15, -0.1) is 0 Å². The smallest absolute Gasteiger partial charge is 0.139 e. The van der Waals surface area contributed by atoms with E-state index in [4.69, 9.17) is 12.2 Å². The van der Waals surface area contributed by atoms with E-state index in [0.29, 0.717) is 4.64 Å². The highest BCUT2D eigenvalue weighted by molar-refractivity contribution is 7.71. The Hall–Kier alpha value is -1.55. The first-order valence-electron chi connectivity index (χ1n) is 5.64. The minimum absolute atomic E-state index is 0.628. The second kappa shape index (κ2) is 4.75. The SMILES string of the molecule is CCc1cc(=S)nc(-c2cc(C)nc(C)c2)[nH]1. The van der Waals surface area contributed by atoms with E-state index < -0.39 is 0 Å². The van der Waals surface area contributed by atoms with Gasteiger partial charge in [0.2, 0.25) is 0 Å². The van der Waals surface area contributed by atoms with Crippen LogP contribution in [-0.2, 0) is 6.42 Å². The van der Waals surface area contributed by atoms with E-state index in [1.165, 1.54) is 0 Å². The van der Waals surface area contributed by atoms with Crippen LogP contribution in [0.4, 0.5) is 0 Å². The Kier molecular flexibility index (Phi) is 3.33. The van der Waals surface area contributed by atoms with E-state index in [1.54, 1.807) is 0 Å². The number of aryl methyl sites for hydroxylation is 3. The predicted octanol–water partition coefficient (Wildman–Crippen LogP) is 3.38. The minimum atomic E-state index is 0.628. The highest BCUT2D eigenvalue weighted by Gasteiger charge is 2.04. The van der Waals surface area contributed by atoms with Gasteiger partial charge in [0.05, 0.1) is 0 Å². The van der Waals surface area contributed by atoms with E-state index in [9.17, 15) is 0 Å². The number of pyridine rings is 1. The Morgan fingerprint density at radius 1 is 1.12 bits per heavy atom. The molecular weight excluding hydrogens is 230 g/mol. The maximum atomic E-state index is 5.17. The molecular formula is C13H15N3S. The maximum absolute atomic E-state index is 5.17. The van der Waals surface area contributed by atoms with Crippen LogP contribution in [0.1, 0.15) is 24.0 Å². The Bertz CT molecular complexity index is 582. The summed E-state index contributed by atoms with van der Waals surface area (Å²) in [7, 11) is 0. The molecule has 17 heavy (non-hydrogen) atoms. The molecule has 0 bridgehead atoms. The number of H-pyrrole nitrogens is 1. The van der Waals surface area contributed by atoms with Crippen molar-refractivity contribution in [1.29, 1.82) is 0 Å². The zero-order valence-electron chi connectivity index (χ0n) is 10.2. The zero-order chi connectivity index (χ0) is 12.4. The number of nitrogens with one attached hydrogen (secondary N) is 1. The largest absolute Gasteiger partial charge is 0.343 e. The molecule has 0 aromatic carbocycles. The number of hydrogen-bond acceptors (Lipinski definition) is 3. The lowest BCUT2D eigenvalue weighted by Gasteiger charge is -2.06. The summed E-state index contributed by atoms with van der Waals surface area (Å²) in [5, 5.41) is 0. The molecule has 0 saturated heterocycles. The van der Waals surface area contributed by atoms with Crippen molar-refractivity contribution in [2.24, 2.45) is 0 Å². The van der Waals surface area contributed by atoms with E-state index >= 15 is 0 Å². The van der Waals surface area contributed by atoms with E-state index in [1.807, 2.05) is 32.0 Å². The Morgan fingerprint density at radius 3 is 2.35 bits per heavy atom. The second-order valence-electron chi connectivity index (χ2n) is 4.09. The van der Waals surface area contributed by atoms with Gasteiger partial charge in [-0.3, -0.25) is 4.98 Å². The average molecular weight is 245 g/mol. The minimum Gasteiger partial charge on any atom is -0.343 e. The molecule has 88 valence electrons. The van der Waals surface area contributed by atoms with Crippen LogP contribution >= 0.6 is 12.2 Å². The summed E-state index contributed by atoms with van der Waals surface area (Å²) in [5.41, 5.74) is 4.12. The van der Waals surface area contributed by atoms with Crippen LogP contribution in [0.3, 0.4) is 0 Å². The summed E-state index contributed by atoms with van der Waals surface area (Å²) in [6, 6.07) is 5.93. The molecule has 2 aromatic heterocycles. The first-order chi connectivity index (χ1) is 8.08. The number of nitrogens with zero attached hydrogens (tertiary/aromatic N) is 2.